The first-order valence-corrected chi connectivity index (χ1v) is 4.57. The van der Waals surface area contributed by atoms with Crippen LogP contribution in [0.2, 0.25) is 0 Å². The van der Waals surface area contributed by atoms with Crippen LogP contribution < -0.4 is 5.32 Å². The minimum atomic E-state index is 0.639. The summed E-state index contributed by atoms with van der Waals surface area (Å²) in [6, 6.07) is 0.639. The van der Waals surface area contributed by atoms with Gasteiger partial charge in [0.25, 0.3) is 0 Å². The average molecular weight is 167 g/mol. The van der Waals surface area contributed by atoms with E-state index in [-0.39, 0.29) is 0 Å². The van der Waals surface area contributed by atoms with Gasteiger partial charge in [-0.1, -0.05) is 13.8 Å². The summed E-state index contributed by atoms with van der Waals surface area (Å²) < 4.78 is 0. The van der Waals surface area contributed by atoms with E-state index in [2.05, 4.69) is 29.4 Å². The van der Waals surface area contributed by atoms with Crippen molar-refractivity contribution in [1.82, 2.24) is 15.5 Å². The summed E-state index contributed by atoms with van der Waals surface area (Å²) in [7, 11) is 0. The lowest BCUT2D eigenvalue weighted by Gasteiger charge is -2.13. The van der Waals surface area contributed by atoms with Crippen molar-refractivity contribution >= 4 is 0 Å². The van der Waals surface area contributed by atoms with Crippen LogP contribution in [0.3, 0.4) is 0 Å². The van der Waals surface area contributed by atoms with Crippen LogP contribution in [0.25, 0.3) is 0 Å². The second kappa shape index (κ2) is 4.93. The smallest absolute Gasteiger partial charge is 0.0532 e. The molecule has 0 unspecified atom stereocenters. The molecule has 1 heterocycles. The molecular weight excluding hydrogens is 150 g/mol. The molecule has 0 aromatic carbocycles. The van der Waals surface area contributed by atoms with Gasteiger partial charge in [-0.2, -0.15) is 5.10 Å². The van der Waals surface area contributed by atoms with Gasteiger partial charge in [-0.15, -0.1) is 0 Å². The standard InChI is InChI=1S/C9H17N3/c1-3-9(4-2)10-5-8-6-11-12-7-8/h6-7,9-10H,3-5H2,1-2H3,(H,11,12). The van der Waals surface area contributed by atoms with E-state index >= 15 is 0 Å². The van der Waals surface area contributed by atoms with Crippen molar-refractivity contribution in [3.63, 3.8) is 0 Å². The summed E-state index contributed by atoms with van der Waals surface area (Å²) >= 11 is 0. The van der Waals surface area contributed by atoms with E-state index in [0.29, 0.717) is 6.04 Å². The fourth-order valence-electron chi connectivity index (χ4n) is 1.21. The Balaban J connectivity index is 2.25. The Hall–Kier alpha value is -0.830. The zero-order valence-electron chi connectivity index (χ0n) is 7.80. The zero-order valence-corrected chi connectivity index (χ0v) is 7.80. The van der Waals surface area contributed by atoms with Crippen molar-refractivity contribution in [1.29, 1.82) is 0 Å². The fraction of sp³-hybridized carbons (Fsp3) is 0.667. The Labute approximate surface area is 73.6 Å². The van der Waals surface area contributed by atoms with Crippen molar-refractivity contribution in [2.45, 2.75) is 39.3 Å². The summed E-state index contributed by atoms with van der Waals surface area (Å²) in [5, 5.41) is 10.1. The van der Waals surface area contributed by atoms with Gasteiger partial charge in [0.2, 0.25) is 0 Å². The molecule has 0 aliphatic carbocycles. The SMILES string of the molecule is CCC(CC)NCc1cn[nH]c1. The van der Waals surface area contributed by atoms with Gasteiger partial charge in [0, 0.05) is 24.3 Å². The van der Waals surface area contributed by atoms with Gasteiger partial charge in [-0.3, -0.25) is 5.10 Å². The van der Waals surface area contributed by atoms with Crippen LogP contribution in [-0.4, -0.2) is 16.2 Å². The molecule has 1 aromatic heterocycles. The lowest BCUT2D eigenvalue weighted by atomic mass is 10.1. The highest BCUT2D eigenvalue weighted by Gasteiger charge is 2.01. The molecule has 0 radical (unpaired) electrons. The summed E-state index contributed by atoms with van der Waals surface area (Å²) in [6.07, 6.45) is 6.16. The topological polar surface area (TPSA) is 40.7 Å². The zero-order chi connectivity index (χ0) is 8.81. The number of nitrogens with zero attached hydrogens (tertiary/aromatic N) is 1. The van der Waals surface area contributed by atoms with E-state index in [1.165, 1.54) is 18.4 Å². The molecule has 0 saturated heterocycles. The molecule has 68 valence electrons. The van der Waals surface area contributed by atoms with Gasteiger partial charge < -0.3 is 5.32 Å². The molecule has 1 rings (SSSR count). The van der Waals surface area contributed by atoms with E-state index in [9.17, 15) is 0 Å². The summed E-state index contributed by atoms with van der Waals surface area (Å²) in [5.41, 5.74) is 1.22. The Bertz CT molecular complexity index is 190. The van der Waals surface area contributed by atoms with Crippen LogP contribution in [0.1, 0.15) is 32.3 Å². The van der Waals surface area contributed by atoms with Crippen LogP contribution in [0.5, 0.6) is 0 Å². The minimum absolute atomic E-state index is 0.639. The molecule has 0 spiro atoms. The lowest BCUT2D eigenvalue weighted by molar-refractivity contribution is 0.484. The molecule has 0 amide bonds. The van der Waals surface area contributed by atoms with E-state index in [1.54, 1.807) is 0 Å². The summed E-state index contributed by atoms with van der Waals surface area (Å²) in [4.78, 5) is 0. The molecule has 1 aromatic rings. The third kappa shape index (κ3) is 2.66. The van der Waals surface area contributed by atoms with Gasteiger partial charge in [0.05, 0.1) is 6.20 Å². The lowest BCUT2D eigenvalue weighted by Crippen LogP contribution is -2.26. The van der Waals surface area contributed by atoms with E-state index in [0.717, 1.165) is 6.54 Å². The predicted molar refractivity (Wildman–Crippen MR) is 49.8 cm³/mol. The van der Waals surface area contributed by atoms with E-state index in [1.807, 2.05) is 12.4 Å². The molecule has 0 bridgehead atoms. The normalized spacial score (nSPS) is 10.9. The molecular formula is C9H17N3. The summed E-state index contributed by atoms with van der Waals surface area (Å²) in [6.45, 7) is 5.33. The molecule has 2 N–H and O–H groups in total. The van der Waals surface area contributed by atoms with Gasteiger partial charge in [0.15, 0.2) is 0 Å². The van der Waals surface area contributed by atoms with Crippen LogP contribution in [0.4, 0.5) is 0 Å². The number of nitrogens with one attached hydrogen (secondary N) is 2. The Morgan fingerprint density at radius 2 is 2.25 bits per heavy atom. The van der Waals surface area contributed by atoms with Crippen molar-refractivity contribution in [3.8, 4) is 0 Å². The van der Waals surface area contributed by atoms with Crippen molar-refractivity contribution in [2.75, 3.05) is 0 Å². The fourth-order valence-corrected chi connectivity index (χ4v) is 1.21. The molecule has 0 fully saturated rings. The largest absolute Gasteiger partial charge is 0.310 e. The van der Waals surface area contributed by atoms with Crippen LogP contribution in [0.15, 0.2) is 12.4 Å². The average Bonchev–Trinajstić information content (AvgIpc) is 2.59. The maximum Gasteiger partial charge on any atom is 0.0532 e. The van der Waals surface area contributed by atoms with E-state index < -0.39 is 0 Å². The Kier molecular flexibility index (Phi) is 3.80. The molecule has 12 heavy (non-hydrogen) atoms. The minimum Gasteiger partial charge on any atom is -0.310 e. The predicted octanol–water partition coefficient (Wildman–Crippen LogP) is 1.69. The number of H-pyrrole nitrogens is 1. The van der Waals surface area contributed by atoms with Crippen LogP contribution in [-0.2, 0) is 6.54 Å². The van der Waals surface area contributed by atoms with Gasteiger partial charge in [0.1, 0.15) is 0 Å². The third-order valence-electron chi connectivity index (χ3n) is 2.14. The molecule has 0 aliphatic rings. The maximum atomic E-state index is 3.89. The first-order chi connectivity index (χ1) is 5.86. The number of hydrogen-bond acceptors (Lipinski definition) is 2. The highest BCUT2D eigenvalue weighted by molar-refractivity contribution is 5.01. The first kappa shape index (κ1) is 9.26. The molecule has 0 aliphatic heterocycles. The highest BCUT2D eigenvalue weighted by atomic mass is 15.1. The van der Waals surface area contributed by atoms with E-state index in [4.69, 9.17) is 0 Å². The number of aromatic amines is 1. The Morgan fingerprint density at radius 3 is 2.75 bits per heavy atom. The molecule has 3 nitrogen and oxygen atoms in total. The third-order valence-corrected chi connectivity index (χ3v) is 2.14. The monoisotopic (exact) mass is 167 g/mol. The number of rotatable bonds is 5. The van der Waals surface area contributed by atoms with Gasteiger partial charge >= 0.3 is 0 Å². The van der Waals surface area contributed by atoms with Crippen LogP contribution >= 0.6 is 0 Å². The number of aromatic nitrogens is 2. The molecule has 0 atom stereocenters. The maximum absolute atomic E-state index is 3.89. The second-order valence-corrected chi connectivity index (χ2v) is 3.00. The number of hydrogen-bond donors (Lipinski definition) is 2. The van der Waals surface area contributed by atoms with Gasteiger partial charge in [-0.25, -0.2) is 0 Å². The van der Waals surface area contributed by atoms with Crippen molar-refractivity contribution < 1.29 is 0 Å². The summed E-state index contributed by atoms with van der Waals surface area (Å²) in [5.74, 6) is 0. The van der Waals surface area contributed by atoms with Crippen molar-refractivity contribution in [2.24, 2.45) is 0 Å². The highest BCUT2D eigenvalue weighted by Crippen LogP contribution is 1.99. The quantitative estimate of drug-likeness (QED) is 0.700. The first-order valence-electron chi connectivity index (χ1n) is 4.57. The van der Waals surface area contributed by atoms with Crippen molar-refractivity contribution in [3.05, 3.63) is 18.0 Å². The Morgan fingerprint density at radius 1 is 1.50 bits per heavy atom. The second-order valence-electron chi connectivity index (χ2n) is 3.00. The van der Waals surface area contributed by atoms with Gasteiger partial charge in [-0.05, 0) is 12.8 Å². The van der Waals surface area contributed by atoms with Crippen LogP contribution in [0, 0.1) is 0 Å². The molecule has 3 heteroatoms. The molecule has 0 saturated carbocycles.